The average molecular weight is 447 g/mol. The minimum absolute atomic E-state index is 0.223. The standard InChI is InChI=1S/C26H20F3N3O/c1-30-23-13-12-22(20-9-5-6-10-21(20)23)25(33,26(27,28)29)18-11-14-24-17(15-18)16-31-32(24)19-7-3-2-4-8-19/h2-16,30,33H,1H3. The zero-order valence-corrected chi connectivity index (χ0v) is 17.6. The molecular weight excluding hydrogens is 427 g/mol. The molecule has 7 heteroatoms. The van der Waals surface area contributed by atoms with E-state index < -0.39 is 11.8 Å². The van der Waals surface area contributed by atoms with Crippen LogP contribution < -0.4 is 5.32 Å². The minimum Gasteiger partial charge on any atom is -0.388 e. The Kier molecular flexibility index (Phi) is 4.87. The highest BCUT2D eigenvalue weighted by molar-refractivity contribution is 5.97. The monoisotopic (exact) mass is 447 g/mol. The van der Waals surface area contributed by atoms with E-state index in [-0.39, 0.29) is 11.1 Å². The summed E-state index contributed by atoms with van der Waals surface area (Å²) in [6.45, 7) is 0. The molecule has 0 spiro atoms. The first-order valence-corrected chi connectivity index (χ1v) is 10.4. The summed E-state index contributed by atoms with van der Waals surface area (Å²) < 4.78 is 45.4. The summed E-state index contributed by atoms with van der Waals surface area (Å²) in [6.07, 6.45) is -3.45. The number of aliphatic hydroxyl groups is 1. The molecule has 2 N–H and O–H groups in total. The number of benzene rings is 4. The van der Waals surface area contributed by atoms with Crippen molar-refractivity contribution in [2.24, 2.45) is 0 Å². The van der Waals surface area contributed by atoms with Gasteiger partial charge in [-0.15, -0.1) is 0 Å². The Balaban J connectivity index is 1.74. The van der Waals surface area contributed by atoms with E-state index in [1.54, 1.807) is 48.1 Å². The zero-order chi connectivity index (χ0) is 23.2. The van der Waals surface area contributed by atoms with Crippen molar-refractivity contribution < 1.29 is 18.3 Å². The molecule has 0 aliphatic heterocycles. The van der Waals surface area contributed by atoms with Gasteiger partial charge in [-0.2, -0.15) is 18.3 Å². The molecule has 1 unspecified atom stereocenters. The maximum atomic E-state index is 14.6. The number of anilines is 1. The Morgan fingerprint density at radius 1 is 0.848 bits per heavy atom. The van der Waals surface area contributed by atoms with Gasteiger partial charge in [0.25, 0.3) is 0 Å². The molecule has 0 fully saturated rings. The van der Waals surface area contributed by atoms with Gasteiger partial charge in [-0.3, -0.25) is 0 Å². The minimum atomic E-state index is -4.96. The first kappa shape index (κ1) is 21.0. The van der Waals surface area contributed by atoms with Gasteiger partial charge in [-0.25, -0.2) is 4.68 Å². The third-order valence-corrected chi connectivity index (χ3v) is 5.98. The van der Waals surface area contributed by atoms with Crippen LogP contribution in [0.1, 0.15) is 11.1 Å². The van der Waals surface area contributed by atoms with Crippen LogP contribution in [0.5, 0.6) is 0 Å². The van der Waals surface area contributed by atoms with E-state index in [1.807, 2.05) is 30.3 Å². The zero-order valence-electron chi connectivity index (χ0n) is 17.6. The molecule has 1 aromatic heterocycles. The molecule has 1 heterocycles. The Bertz CT molecular complexity index is 1460. The number of fused-ring (bicyclic) bond motifs is 2. The molecule has 166 valence electrons. The predicted octanol–water partition coefficient (Wildman–Crippen LogP) is 6.02. The van der Waals surface area contributed by atoms with Crippen molar-refractivity contribution in [3.05, 3.63) is 102 Å². The van der Waals surface area contributed by atoms with Crippen molar-refractivity contribution in [1.29, 1.82) is 0 Å². The molecule has 0 bridgehead atoms. The average Bonchev–Trinajstić information content (AvgIpc) is 3.26. The van der Waals surface area contributed by atoms with Gasteiger partial charge in [0.2, 0.25) is 5.60 Å². The Morgan fingerprint density at radius 3 is 2.24 bits per heavy atom. The van der Waals surface area contributed by atoms with Crippen LogP contribution in [0.4, 0.5) is 18.9 Å². The smallest absolute Gasteiger partial charge is 0.388 e. The van der Waals surface area contributed by atoms with E-state index in [4.69, 9.17) is 0 Å². The summed E-state index contributed by atoms with van der Waals surface area (Å²) in [6, 6.07) is 23.2. The number of hydrogen-bond donors (Lipinski definition) is 2. The molecule has 33 heavy (non-hydrogen) atoms. The van der Waals surface area contributed by atoms with Crippen molar-refractivity contribution in [3.63, 3.8) is 0 Å². The molecule has 5 aromatic rings. The van der Waals surface area contributed by atoms with Gasteiger partial charge >= 0.3 is 6.18 Å². The lowest BCUT2D eigenvalue weighted by atomic mass is 9.82. The highest BCUT2D eigenvalue weighted by Gasteiger charge is 2.57. The summed E-state index contributed by atoms with van der Waals surface area (Å²) in [7, 11) is 1.70. The first-order valence-electron chi connectivity index (χ1n) is 10.4. The Morgan fingerprint density at radius 2 is 1.55 bits per heavy atom. The van der Waals surface area contributed by atoms with Gasteiger partial charge in [0, 0.05) is 29.1 Å². The molecule has 0 saturated carbocycles. The molecule has 0 aliphatic carbocycles. The van der Waals surface area contributed by atoms with Crippen molar-refractivity contribution in [2.75, 3.05) is 12.4 Å². The van der Waals surface area contributed by atoms with Crippen LogP contribution in [0.3, 0.4) is 0 Å². The molecule has 0 aliphatic rings. The number of para-hydroxylation sites is 1. The number of nitrogens with one attached hydrogen (secondary N) is 1. The van der Waals surface area contributed by atoms with Gasteiger partial charge in [0.15, 0.2) is 0 Å². The second-order valence-electron chi connectivity index (χ2n) is 7.83. The third-order valence-electron chi connectivity index (χ3n) is 5.98. The normalized spacial score (nSPS) is 13.8. The summed E-state index contributed by atoms with van der Waals surface area (Å²) in [5.74, 6) is 0. The Labute approximate surface area is 187 Å². The van der Waals surface area contributed by atoms with E-state index >= 15 is 0 Å². The molecule has 4 nitrogen and oxygen atoms in total. The first-order chi connectivity index (χ1) is 15.8. The largest absolute Gasteiger partial charge is 0.425 e. The summed E-state index contributed by atoms with van der Waals surface area (Å²) >= 11 is 0. The molecule has 0 saturated heterocycles. The van der Waals surface area contributed by atoms with Crippen LogP contribution in [-0.2, 0) is 5.60 Å². The van der Waals surface area contributed by atoms with Crippen LogP contribution in [0.2, 0.25) is 0 Å². The number of nitrogens with zero attached hydrogens (tertiary/aromatic N) is 2. The number of hydrogen-bond acceptors (Lipinski definition) is 3. The lowest BCUT2D eigenvalue weighted by Crippen LogP contribution is -2.43. The van der Waals surface area contributed by atoms with Crippen molar-refractivity contribution >= 4 is 27.4 Å². The molecule has 0 radical (unpaired) electrons. The van der Waals surface area contributed by atoms with Crippen molar-refractivity contribution in [2.45, 2.75) is 11.8 Å². The quantitative estimate of drug-likeness (QED) is 0.354. The van der Waals surface area contributed by atoms with Gasteiger partial charge in [-0.1, -0.05) is 54.6 Å². The third kappa shape index (κ3) is 3.24. The number of alkyl halides is 3. The SMILES string of the molecule is CNc1ccc(C(O)(c2ccc3c(cnn3-c3ccccc3)c2)C(F)(F)F)c2ccccc12. The topological polar surface area (TPSA) is 50.1 Å². The van der Waals surface area contributed by atoms with Crippen molar-refractivity contribution in [3.8, 4) is 5.69 Å². The van der Waals surface area contributed by atoms with E-state index in [0.29, 0.717) is 27.4 Å². The number of aromatic nitrogens is 2. The van der Waals surface area contributed by atoms with Gasteiger partial charge in [0.1, 0.15) is 0 Å². The molecule has 4 aromatic carbocycles. The van der Waals surface area contributed by atoms with Gasteiger partial charge in [0.05, 0.1) is 17.4 Å². The van der Waals surface area contributed by atoms with Crippen molar-refractivity contribution in [1.82, 2.24) is 9.78 Å². The second kappa shape index (κ2) is 7.64. The summed E-state index contributed by atoms with van der Waals surface area (Å²) in [5.41, 5.74) is -1.58. The van der Waals surface area contributed by atoms with Gasteiger partial charge in [-0.05, 0) is 41.3 Å². The highest BCUT2D eigenvalue weighted by Crippen LogP contribution is 2.47. The molecule has 0 amide bonds. The lowest BCUT2D eigenvalue weighted by molar-refractivity contribution is -0.247. The van der Waals surface area contributed by atoms with Crippen LogP contribution in [0, 0.1) is 0 Å². The van der Waals surface area contributed by atoms with Crippen LogP contribution in [0.25, 0.3) is 27.4 Å². The number of rotatable bonds is 4. The Hall–Kier alpha value is -3.84. The summed E-state index contributed by atoms with van der Waals surface area (Å²) in [4.78, 5) is 0. The van der Waals surface area contributed by atoms with E-state index in [2.05, 4.69) is 10.4 Å². The fourth-order valence-corrected chi connectivity index (χ4v) is 4.34. The predicted molar refractivity (Wildman–Crippen MR) is 124 cm³/mol. The lowest BCUT2D eigenvalue weighted by Gasteiger charge is -2.33. The van der Waals surface area contributed by atoms with E-state index in [1.165, 1.54) is 24.4 Å². The fourth-order valence-electron chi connectivity index (χ4n) is 4.34. The van der Waals surface area contributed by atoms with Crippen LogP contribution in [-0.4, -0.2) is 28.1 Å². The van der Waals surface area contributed by atoms with E-state index in [0.717, 1.165) is 5.69 Å². The fraction of sp³-hybridized carbons (Fsp3) is 0.115. The van der Waals surface area contributed by atoms with Gasteiger partial charge < -0.3 is 10.4 Å². The molecule has 1 atom stereocenters. The number of halogens is 3. The summed E-state index contributed by atoms with van der Waals surface area (Å²) in [5, 5.41) is 20.1. The van der Waals surface area contributed by atoms with E-state index in [9.17, 15) is 18.3 Å². The maximum absolute atomic E-state index is 14.6. The molecule has 5 rings (SSSR count). The molecular formula is C26H20F3N3O. The highest BCUT2D eigenvalue weighted by atomic mass is 19.4. The maximum Gasteiger partial charge on any atom is 0.425 e. The second-order valence-corrected chi connectivity index (χ2v) is 7.83. The van der Waals surface area contributed by atoms with Crippen LogP contribution >= 0.6 is 0 Å². The van der Waals surface area contributed by atoms with Crippen LogP contribution in [0.15, 0.2) is 91.1 Å².